The Bertz CT molecular complexity index is 1010. The molecule has 0 fully saturated rings. The van der Waals surface area contributed by atoms with Crippen LogP contribution in [0.15, 0.2) is 42.5 Å². The number of benzene rings is 2. The number of fused-ring (bicyclic) bond motifs is 1. The Hall–Kier alpha value is -2.98. The Kier molecular flexibility index (Phi) is 4.63. The van der Waals surface area contributed by atoms with E-state index >= 15 is 0 Å². The van der Waals surface area contributed by atoms with E-state index in [0.29, 0.717) is 15.3 Å². The van der Waals surface area contributed by atoms with Crippen molar-refractivity contribution < 1.29 is 14.1 Å². The highest BCUT2D eigenvalue weighted by molar-refractivity contribution is 7.80. The van der Waals surface area contributed by atoms with Crippen LogP contribution < -0.4 is 10.6 Å². The Labute approximate surface area is 149 Å². The number of amides is 1. The van der Waals surface area contributed by atoms with Gasteiger partial charge in [-0.15, -0.1) is 0 Å². The molecule has 2 N–H and O–H groups in total. The van der Waals surface area contributed by atoms with Gasteiger partial charge in [-0.25, -0.2) is 9.37 Å². The van der Waals surface area contributed by atoms with Gasteiger partial charge in [0.05, 0.1) is 15.1 Å². The molecule has 0 saturated carbocycles. The first-order valence-corrected chi connectivity index (χ1v) is 8.08. The Morgan fingerprint density at radius 2 is 2.04 bits per heavy atom. The Morgan fingerprint density at radius 1 is 1.28 bits per heavy atom. The highest BCUT2D eigenvalue weighted by Gasteiger charge is 2.20. The molecule has 0 aliphatic rings. The van der Waals surface area contributed by atoms with Crippen LogP contribution in [0.1, 0.15) is 10.4 Å². The molecule has 0 unspecified atom stereocenters. The number of halogens is 1. The van der Waals surface area contributed by atoms with Gasteiger partial charge >= 0.3 is 0 Å². The molecule has 1 heterocycles. The molecule has 3 aromatic rings. The number of thiazole rings is 1. The number of nitrogens with one attached hydrogen (secondary N) is 2. The summed E-state index contributed by atoms with van der Waals surface area (Å²) in [6, 6.07) is 9.70. The minimum atomic E-state index is -0.711. The second-order valence-electron chi connectivity index (χ2n) is 4.81. The van der Waals surface area contributed by atoms with Crippen molar-refractivity contribution in [3.05, 3.63) is 64.0 Å². The summed E-state index contributed by atoms with van der Waals surface area (Å²) in [7, 11) is 0. The molecule has 0 atom stereocenters. The number of carbonyl (C=O) groups is 1. The fourth-order valence-corrected chi connectivity index (χ4v) is 3.22. The van der Waals surface area contributed by atoms with Gasteiger partial charge in [-0.05, 0) is 36.5 Å². The average molecular weight is 376 g/mol. The molecule has 126 valence electrons. The van der Waals surface area contributed by atoms with Gasteiger partial charge < -0.3 is 5.32 Å². The van der Waals surface area contributed by atoms with Crippen LogP contribution in [-0.2, 0) is 0 Å². The van der Waals surface area contributed by atoms with E-state index in [1.54, 1.807) is 0 Å². The molecule has 2 aromatic carbocycles. The quantitative estimate of drug-likeness (QED) is 0.413. The fraction of sp³-hybridized carbons (Fsp3) is 0. The van der Waals surface area contributed by atoms with Crippen LogP contribution in [0, 0.1) is 15.9 Å². The van der Waals surface area contributed by atoms with Crippen LogP contribution in [0.4, 0.5) is 15.2 Å². The molecule has 3 rings (SSSR count). The van der Waals surface area contributed by atoms with Crippen molar-refractivity contribution in [3.63, 3.8) is 0 Å². The maximum absolute atomic E-state index is 13.2. The SMILES string of the molecule is O=C(NC(=S)Nc1nc2ccc(F)cc2s1)c1ccccc1[N+](=O)[O-]. The molecule has 0 aliphatic heterocycles. The third kappa shape index (κ3) is 3.75. The number of hydrogen-bond acceptors (Lipinski definition) is 6. The van der Waals surface area contributed by atoms with Crippen LogP contribution in [0.2, 0.25) is 0 Å². The van der Waals surface area contributed by atoms with Crippen molar-refractivity contribution in [3.8, 4) is 0 Å². The molecule has 0 spiro atoms. The normalized spacial score (nSPS) is 10.4. The molecule has 10 heteroatoms. The number of nitrogens with zero attached hydrogens (tertiary/aromatic N) is 2. The molecule has 0 bridgehead atoms. The highest BCUT2D eigenvalue weighted by Crippen LogP contribution is 2.26. The fourth-order valence-electron chi connectivity index (χ4n) is 2.08. The van der Waals surface area contributed by atoms with Crippen LogP contribution in [0.3, 0.4) is 0 Å². The summed E-state index contributed by atoms with van der Waals surface area (Å²) < 4.78 is 13.8. The summed E-state index contributed by atoms with van der Waals surface area (Å²) in [4.78, 5) is 26.7. The monoisotopic (exact) mass is 376 g/mol. The smallest absolute Gasteiger partial charge is 0.282 e. The maximum atomic E-state index is 13.2. The zero-order chi connectivity index (χ0) is 18.0. The number of thiocarbonyl (C=S) groups is 1. The molecule has 1 aromatic heterocycles. The predicted molar refractivity (Wildman–Crippen MR) is 96.4 cm³/mol. The van der Waals surface area contributed by atoms with Gasteiger partial charge in [0.2, 0.25) is 0 Å². The minimum absolute atomic E-state index is 0.0670. The van der Waals surface area contributed by atoms with E-state index in [2.05, 4.69) is 15.6 Å². The van der Waals surface area contributed by atoms with E-state index in [1.807, 2.05) is 0 Å². The topological polar surface area (TPSA) is 97.2 Å². The lowest BCUT2D eigenvalue weighted by atomic mass is 10.1. The van der Waals surface area contributed by atoms with Gasteiger partial charge in [0.1, 0.15) is 11.4 Å². The first-order chi connectivity index (χ1) is 11.9. The predicted octanol–water partition coefficient (Wildman–Crippen LogP) is 3.47. The van der Waals surface area contributed by atoms with Crippen molar-refractivity contribution in [2.24, 2.45) is 0 Å². The molecule has 7 nitrogen and oxygen atoms in total. The summed E-state index contributed by atoms with van der Waals surface area (Å²) in [5.41, 5.74) is 0.156. The third-order valence-corrected chi connectivity index (χ3v) is 4.28. The van der Waals surface area contributed by atoms with E-state index in [9.17, 15) is 19.3 Å². The highest BCUT2D eigenvalue weighted by atomic mass is 32.1. The van der Waals surface area contributed by atoms with Gasteiger partial charge in [-0.3, -0.25) is 20.2 Å². The summed E-state index contributed by atoms with van der Waals surface area (Å²) in [5.74, 6) is -1.09. The number of nitro groups is 1. The minimum Gasteiger partial charge on any atom is -0.308 e. The number of anilines is 1. The van der Waals surface area contributed by atoms with Gasteiger partial charge in [0, 0.05) is 6.07 Å². The summed E-state index contributed by atoms with van der Waals surface area (Å²) in [5, 5.41) is 16.4. The first kappa shape index (κ1) is 16.9. The van der Waals surface area contributed by atoms with Crippen molar-refractivity contribution in [1.82, 2.24) is 10.3 Å². The van der Waals surface area contributed by atoms with E-state index in [1.165, 1.54) is 42.5 Å². The van der Waals surface area contributed by atoms with Crippen LogP contribution in [0.25, 0.3) is 10.2 Å². The zero-order valence-electron chi connectivity index (χ0n) is 12.4. The zero-order valence-corrected chi connectivity index (χ0v) is 14.0. The van der Waals surface area contributed by atoms with Crippen molar-refractivity contribution >= 4 is 55.6 Å². The van der Waals surface area contributed by atoms with Crippen molar-refractivity contribution in [2.45, 2.75) is 0 Å². The number of nitro benzene ring substituents is 1. The summed E-state index contributed by atoms with van der Waals surface area (Å²) in [6.07, 6.45) is 0. The van der Waals surface area contributed by atoms with Gasteiger partial charge in [0.15, 0.2) is 10.2 Å². The number of carbonyl (C=O) groups excluding carboxylic acids is 1. The van der Waals surface area contributed by atoms with Gasteiger partial charge in [-0.2, -0.15) is 0 Å². The number of aromatic nitrogens is 1. The summed E-state index contributed by atoms with van der Waals surface area (Å²) >= 11 is 6.19. The van der Waals surface area contributed by atoms with Crippen molar-refractivity contribution in [2.75, 3.05) is 5.32 Å². The average Bonchev–Trinajstić information content (AvgIpc) is 2.95. The lowest BCUT2D eigenvalue weighted by molar-refractivity contribution is -0.385. The van der Waals surface area contributed by atoms with Crippen LogP contribution in [-0.4, -0.2) is 20.9 Å². The third-order valence-electron chi connectivity index (χ3n) is 3.14. The first-order valence-electron chi connectivity index (χ1n) is 6.86. The largest absolute Gasteiger partial charge is 0.308 e. The van der Waals surface area contributed by atoms with Gasteiger partial charge in [0.25, 0.3) is 11.6 Å². The Morgan fingerprint density at radius 3 is 2.80 bits per heavy atom. The lowest BCUT2D eigenvalue weighted by Gasteiger charge is -2.07. The second kappa shape index (κ2) is 6.87. The molecule has 1 amide bonds. The number of para-hydroxylation sites is 1. The second-order valence-corrected chi connectivity index (χ2v) is 6.25. The standard InChI is InChI=1S/C15H9FN4O3S2/c16-8-5-6-10-12(7-8)25-15(17-10)19-14(24)18-13(21)9-3-1-2-4-11(9)20(22)23/h1-7H,(H2,17,18,19,21,24). The lowest BCUT2D eigenvalue weighted by Crippen LogP contribution is -2.34. The molecular weight excluding hydrogens is 367 g/mol. The van der Waals surface area contributed by atoms with Crippen molar-refractivity contribution in [1.29, 1.82) is 0 Å². The van der Waals surface area contributed by atoms with E-state index < -0.39 is 10.8 Å². The molecule has 0 radical (unpaired) electrons. The maximum Gasteiger partial charge on any atom is 0.282 e. The van der Waals surface area contributed by atoms with Crippen LogP contribution in [0.5, 0.6) is 0 Å². The molecule has 0 aliphatic carbocycles. The molecule has 0 saturated heterocycles. The van der Waals surface area contributed by atoms with E-state index in [0.717, 1.165) is 11.3 Å². The Balaban J connectivity index is 1.73. The molecule has 25 heavy (non-hydrogen) atoms. The molecular formula is C15H9FN4O3S2. The number of rotatable bonds is 3. The summed E-state index contributed by atoms with van der Waals surface area (Å²) in [6.45, 7) is 0. The van der Waals surface area contributed by atoms with Gasteiger partial charge in [-0.1, -0.05) is 23.5 Å². The number of hydrogen-bond donors (Lipinski definition) is 2. The van der Waals surface area contributed by atoms with E-state index in [-0.39, 0.29) is 22.2 Å². The van der Waals surface area contributed by atoms with E-state index in [4.69, 9.17) is 12.2 Å². The van der Waals surface area contributed by atoms with Crippen LogP contribution >= 0.6 is 23.6 Å².